The average Bonchev–Trinajstić information content (AvgIpc) is 2.38. The van der Waals surface area contributed by atoms with Crippen LogP contribution in [-0.4, -0.2) is 52.6 Å². The Bertz CT molecular complexity index is 540. The molecule has 1 heterocycles. The summed E-state index contributed by atoms with van der Waals surface area (Å²) in [5.41, 5.74) is 0. The average molecular weight is 338 g/mol. The van der Waals surface area contributed by atoms with E-state index in [1.165, 1.54) is 18.2 Å². The van der Waals surface area contributed by atoms with Crippen molar-refractivity contribution in [1.29, 1.82) is 0 Å². The predicted octanol–water partition coefficient (Wildman–Crippen LogP) is 1.18. The highest BCUT2D eigenvalue weighted by molar-refractivity contribution is 7.89. The summed E-state index contributed by atoms with van der Waals surface area (Å²) in [5.74, 6) is 0. The first-order valence-electron chi connectivity index (χ1n) is 6.36. The largest absolute Gasteiger partial charge is 0.314 e. The van der Waals surface area contributed by atoms with Crippen LogP contribution in [0.25, 0.3) is 0 Å². The number of piperazine rings is 1. The van der Waals surface area contributed by atoms with Crippen molar-refractivity contribution in [3.63, 3.8) is 0 Å². The molecule has 1 saturated heterocycles. The molecule has 1 aliphatic heterocycles. The number of halogens is 2. The topological polar surface area (TPSA) is 61.4 Å². The number of hydrogen-bond acceptors (Lipinski definition) is 4. The van der Waals surface area contributed by atoms with Gasteiger partial charge in [-0.1, -0.05) is 23.2 Å². The molecule has 2 rings (SSSR count). The SMILES string of the molecule is O=S(=O)(NCCN1CCNCC1)c1cc(Cl)cc(Cl)c1. The molecular weight excluding hydrogens is 321 g/mol. The fourth-order valence-electron chi connectivity index (χ4n) is 2.04. The van der Waals surface area contributed by atoms with E-state index in [1.54, 1.807) is 0 Å². The van der Waals surface area contributed by atoms with E-state index in [0.29, 0.717) is 23.1 Å². The van der Waals surface area contributed by atoms with Gasteiger partial charge in [0.2, 0.25) is 10.0 Å². The summed E-state index contributed by atoms with van der Waals surface area (Å²) < 4.78 is 26.8. The van der Waals surface area contributed by atoms with Crippen molar-refractivity contribution in [2.24, 2.45) is 0 Å². The Hall–Kier alpha value is -0.370. The molecule has 0 amide bonds. The first-order chi connectivity index (χ1) is 9.47. The highest BCUT2D eigenvalue weighted by Crippen LogP contribution is 2.22. The molecule has 1 aromatic carbocycles. The lowest BCUT2D eigenvalue weighted by Gasteiger charge is -2.27. The number of rotatable bonds is 5. The Morgan fingerprint density at radius 2 is 1.75 bits per heavy atom. The van der Waals surface area contributed by atoms with Gasteiger partial charge >= 0.3 is 0 Å². The summed E-state index contributed by atoms with van der Waals surface area (Å²) in [5, 5.41) is 3.86. The number of hydrogen-bond donors (Lipinski definition) is 2. The molecule has 0 aliphatic carbocycles. The van der Waals surface area contributed by atoms with Gasteiger partial charge in [-0.15, -0.1) is 0 Å². The summed E-state index contributed by atoms with van der Waals surface area (Å²) in [6, 6.07) is 4.28. The third kappa shape index (κ3) is 4.58. The summed E-state index contributed by atoms with van der Waals surface area (Å²) in [7, 11) is -3.57. The lowest BCUT2D eigenvalue weighted by molar-refractivity contribution is 0.245. The molecule has 112 valence electrons. The van der Waals surface area contributed by atoms with Gasteiger partial charge in [0.25, 0.3) is 0 Å². The fourth-order valence-corrected chi connectivity index (χ4v) is 3.79. The van der Waals surface area contributed by atoms with Crippen molar-refractivity contribution in [2.75, 3.05) is 39.3 Å². The second-order valence-corrected chi connectivity index (χ2v) is 7.23. The maximum atomic E-state index is 12.1. The first kappa shape index (κ1) is 16.0. The van der Waals surface area contributed by atoms with Crippen LogP contribution >= 0.6 is 23.2 Å². The molecular formula is C12H17Cl2N3O2S. The van der Waals surface area contributed by atoms with E-state index >= 15 is 0 Å². The minimum atomic E-state index is -3.57. The third-order valence-electron chi connectivity index (χ3n) is 3.08. The van der Waals surface area contributed by atoms with E-state index in [0.717, 1.165) is 26.2 Å². The van der Waals surface area contributed by atoms with Crippen LogP contribution in [0, 0.1) is 0 Å². The Kier molecular flexibility index (Phi) is 5.65. The number of nitrogens with one attached hydrogen (secondary N) is 2. The van der Waals surface area contributed by atoms with Crippen LogP contribution in [0.1, 0.15) is 0 Å². The van der Waals surface area contributed by atoms with Crippen LogP contribution in [0.5, 0.6) is 0 Å². The van der Waals surface area contributed by atoms with Crippen LogP contribution in [0.4, 0.5) is 0 Å². The van der Waals surface area contributed by atoms with E-state index in [1.807, 2.05) is 0 Å². The molecule has 0 unspecified atom stereocenters. The van der Waals surface area contributed by atoms with E-state index in [4.69, 9.17) is 23.2 Å². The fraction of sp³-hybridized carbons (Fsp3) is 0.500. The molecule has 0 radical (unpaired) electrons. The van der Waals surface area contributed by atoms with E-state index < -0.39 is 10.0 Å². The van der Waals surface area contributed by atoms with Crippen LogP contribution in [0.15, 0.2) is 23.1 Å². The minimum Gasteiger partial charge on any atom is -0.314 e. The first-order valence-corrected chi connectivity index (χ1v) is 8.60. The smallest absolute Gasteiger partial charge is 0.240 e. The zero-order chi connectivity index (χ0) is 14.6. The predicted molar refractivity (Wildman–Crippen MR) is 81.0 cm³/mol. The van der Waals surface area contributed by atoms with Gasteiger partial charge in [0.15, 0.2) is 0 Å². The van der Waals surface area contributed by atoms with Gasteiger partial charge in [-0.25, -0.2) is 13.1 Å². The highest BCUT2D eigenvalue weighted by Gasteiger charge is 2.16. The molecule has 20 heavy (non-hydrogen) atoms. The Morgan fingerprint density at radius 3 is 2.35 bits per heavy atom. The molecule has 0 aromatic heterocycles. The molecule has 0 atom stereocenters. The van der Waals surface area contributed by atoms with Crippen LogP contribution in [0.3, 0.4) is 0 Å². The van der Waals surface area contributed by atoms with Gasteiger partial charge in [0.05, 0.1) is 4.90 Å². The molecule has 2 N–H and O–H groups in total. The van der Waals surface area contributed by atoms with E-state index in [-0.39, 0.29) is 4.90 Å². The van der Waals surface area contributed by atoms with Crippen molar-refractivity contribution in [1.82, 2.24) is 14.9 Å². The van der Waals surface area contributed by atoms with Crippen molar-refractivity contribution in [3.05, 3.63) is 28.2 Å². The zero-order valence-corrected chi connectivity index (χ0v) is 13.2. The third-order valence-corrected chi connectivity index (χ3v) is 4.95. The van der Waals surface area contributed by atoms with Gasteiger partial charge in [-0.05, 0) is 18.2 Å². The highest BCUT2D eigenvalue weighted by atomic mass is 35.5. The van der Waals surface area contributed by atoms with Crippen LogP contribution in [0.2, 0.25) is 10.0 Å². The van der Waals surface area contributed by atoms with Gasteiger partial charge in [0, 0.05) is 49.3 Å². The monoisotopic (exact) mass is 337 g/mol. The molecule has 1 fully saturated rings. The lowest BCUT2D eigenvalue weighted by atomic mass is 10.3. The van der Waals surface area contributed by atoms with Gasteiger partial charge in [-0.2, -0.15) is 0 Å². The summed E-state index contributed by atoms with van der Waals surface area (Å²) >= 11 is 11.6. The lowest BCUT2D eigenvalue weighted by Crippen LogP contribution is -2.46. The van der Waals surface area contributed by atoms with Gasteiger partial charge in [-0.3, -0.25) is 4.90 Å². The van der Waals surface area contributed by atoms with Crippen molar-refractivity contribution in [2.45, 2.75) is 4.90 Å². The van der Waals surface area contributed by atoms with E-state index in [2.05, 4.69) is 14.9 Å². The number of sulfonamides is 1. The molecule has 1 aromatic rings. The standard InChI is InChI=1S/C12H17Cl2N3O2S/c13-10-7-11(14)9-12(8-10)20(18,19)16-3-6-17-4-1-15-2-5-17/h7-9,15-16H,1-6H2. The molecule has 5 nitrogen and oxygen atoms in total. The Morgan fingerprint density at radius 1 is 1.15 bits per heavy atom. The molecule has 0 bridgehead atoms. The summed E-state index contributed by atoms with van der Waals surface area (Å²) in [6.45, 7) is 4.81. The summed E-state index contributed by atoms with van der Waals surface area (Å²) in [4.78, 5) is 2.31. The Balaban J connectivity index is 1.93. The van der Waals surface area contributed by atoms with Crippen molar-refractivity contribution >= 4 is 33.2 Å². The molecule has 1 aliphatic rings. The van der Waals surface area contributed by atoms with Crippen LogP contribution < -0.4 is 10.0 Å². The quantitative estimate of drug-likeness (QED) is 0.846. The summed E-state index contributed by atoms with van der Waals surface area (Å²) in [6.07, 6.45) is 0. The zero-order valence-electron chi connectivity index (χ0n) is 10.9. The van der Waals surface area contributed by atoms with Gasteiger partial charge in [0.1, 0.15) is 0 Å². The van der Waals surface area contributed by atoms with Crippen molar-refractivity contribution < 1.29 is 8.42 Å². The Labute approximate surface area is 129 Å². The van der Waals surface area contributed by atoms with Gasteiger partial charge < -0.3 is 5.32 Å². The second kappa shape index (κ2) is 7.06. The maximum Gasteiger partial charge on any atom is 0.240 e. The maximum absolute atomic E-state index is 12.1. The van der Waals surface area contributed by atoms with Crippen LogP contribution in [-0.2, 0) is 10.0 Å². The van der Waals surface area contributed by atoms with Crippen molar-refractivity contribution in [3.8, 4) is 0 Å². The van der Waals surface area contributed by atoms with E-state index in [9.17, 15) is 8.42 Å². The number of benzene rings is 1. The second-order valence-electron chi connectivity index (χ2n) is 4.59. The molecule has 8 heteroatoms. The normalized spacial score (nSPS) is 17.3. The minimum absolute atomic E-state index is 0.0929. The number of nitrogens with zero attached hydrogens (tertiary/aromatic N) is 1. The molecule has 0 spiro atoms. The molecule has 0 saturated carbocycles.